The number of fused-ring (bicyclic) bond motifs is 1. The Kier molecular flexibility index (Phi) is 3.80. The Balaban J connectivity index is 2.11. The lowest BCUT2D eigenvalue weighted by atomic mass is 10.1. The molecule has 2 aromatic carbocycles. The molecule has 1 heterocycles. The standard InChI is InChI=1S/C17H14N2O4/c1-10(20)23-14-8-7-11(9-15(14)22-2)16-18-13-6-4-3-5-12(13)17(21)19-16/h3-9H,1-2H3,(H,18,19,21). The first-order valence-electron chi connectivity index (χ1n) is 6.94. The van der Waals surface area contributed by atoms with Gasteiger partial charge in [-0.1, -0.05) is 12.1 Å². The summed E-state index contributed by atoms with van der Waals surface area (Å²) in [5.41, 5.74) is 1.04. The normalized spacial score (nSPS) is 10.5. The first kappa shape index (κ1) is 14.8. The van der Waals surface area contributed by atoms with Crippen molar-refractivity contribution in [3.05, 3.63) is 52.8 Å². The number of ether oxygens (including phenoxy) is 2. The Morgan fingerprint density at radius 1 is 1.13 bits per heavy atom. The number of hydrogen-bond acceptors (Lipinski definition) is 5. The number of methoxy groups -OCH3 is 1. The van der Waals surface area contributed by atoms with E-state index in [2.05, 4.69) is 9.97 Å². The summed E-state index contributed by atoms with van der Waals surface area (Å²) in [6, 6.07) is 12.1. The van der Waals surface area contributed by atoms with Crippen molar-refractivity contribution in [1.29, 1.82) is 0 Å². The summed E-state index contributed by atoms with van der Waals surface area (Å²) < 4.78 is 10.3. The molecule has 1 N–H and O–H groups in total. The van der Waals surface area contributed by atoms with Gasteiger partial charge in [0.25, 0.3) is 5.56 Å². The highest BCUT2D eigenvalue weighted by atomic mass is 16.6. The molecule has 0 aliphatic carbocycles. The molecule has 0 saturated carbocycles. The number of benzene rings is 2. The number of esters is 1. The van der Waals surface area contributed by atoms with E-state index in [-0.39, 0.29) is 5.56 Å². The molecule has 0 atom stereocenters. The number of aromatic amines is 1. The predicted molar refractivity (Wildman–Crippen MR) is 85.7 cm³/mol. The highest BCUT2D eigenvalue weighted by Crippen LogP contribution is 2.31. The topological polar surface area (TPSA) is 81.3 Å². The van der Waals surface area contributed by atoms with Crippen molar-refractivity contribution in [3.63, 3.8) is 0 Å². The van der Waals surface area contributed by atoms with Crippen LogP contribution < -0.4 is 15.0 Å². The number of nitrogens with zero attached hydrogens (tertiary/aromatic N) is 1. The van der Waals surface area contributed by atoms with Gasteiger partial charge in [0.05, 0.1) is 18.0 Å². The number of carbonyl (C=O) groups excluding carboxylic acids is 1. The molecule has 0 aliphatic rings. The van der Waals surface area contributed by atoms with Gasteiger partial charge in [-0.25, -0.2) is 4.98 Å². The van der Waals surface area contributed by atoms with Crippen LogP contribution in [0.15, 0.2) is 47.3 Å². The van der Waals surface area contributed by atoms with E-state index in [0.29, 0.717) is 33.8 Å². The Labute approximate surface area is 131 Å². The van der Waals surface area contributed by atoms with Crippen molar-refractivity contribution in [2.24, 2.45) is 0 Å². The molecule has 23 heavy (non-hydrogen) atoms. The van der Waals surface area contributed by atoms with Gasteiger partial charge in [-0.15, -0.1) is 0 Å². The van der Waals surface area contributed by atoms with Crippen LogP contribution in [-0.2, 0) is 4.79 Å². The van der Waals surface area contributed by atoms with E-state index in [4.69, 9.17) is 9.47 Å². The fourth-order valence-electron chi connectivity index (χ4n) is 2.28. The lowest BCUT2D eigenvalue weighted by molar-refractivity contribution is -0.132. The molecule has 116 valence electrons. The van der Waals surface area contributed by atoms with Crippen LogP contribution in [0.25, 0.3) is 22.3 Å². The van der Waals surface area contributed by atoms with E-state index in [0.717, 1.165) is 0 Å². The van der Waals surface area contributed by atoms with Gasteiger partial charge in [0.1, 0.15) is 5.82 Å². The molecule has 0 unspecified atom stereocenters. The van der Waals surface area contributed by atoms with Gasteiger partial charge in [-0.05, 0) is 30.3 Å². The van der Waals surface area contributed by atoms with Gasteiger partial charge in [0, 0.05) is 12.5 Å². The third-order valence-electron chi connectivity index (χ3n) is 3.30. The van der Waals surface area contributed by atoms with E-state index < -0.39 is 5.97 Å². The molecule has 0 bridgehead atoms. The van der Waals surface area contributed by atoms with E-state index >= 15 is 0 Å². The number of H-pyrrole nitrogens is 1. The fraction of sp³-hybridized carbons (Fsp3) is 0.118. The number of rotatable bonds is 3. The monoisotopic (exact) mass is 310 g/mol. The van der Waals surface area contributed by atoms with Gasteiger partial charge in [0.15, 0.2) is 11.5 Å². The minimum absolute atomic E-state index is 0.214. The second-order valence-electron chi connectivity index (χ2n) is 4.89. The average Bonchev–Trinajstić information content (AvgIpc) is 2.54. The summed E-state index contributed by atoms with van der Waals surface area (Å²) in [6.45, 7) is 1.32. The van der Waals surface area contributed by atoms with Crippen LogP contribution in [-0.4, -0.2) is 23.0 Å². The third kappa shape index (κ3) is 2.91. The van der Waals surface area contributed by atoms with Crippen molar-refractivity contribution < 1.29 is 14.3 Å². The zero-order valence-electron chi connectivity index (χ0n) is 12.6. The van der Waals surface area contributed by atoms with Gasteiger partial charge in [-0.3, -0.25) is 9.59 Å². The molecule has 0 fully saturated rings. The van der Waals surface area contributed by atoms with Crippen molar-refractivity contribution >= 4 is 16.9 Å². The van der Waals surface area contributed by atoms with Crippen molar-refractivity contribution in [2.45, 2.75) is 6.92 Å². The maximum atomic E-state index is 12.1. The second kappa shape index (κ2) is 5.92. The lowest BCUT2D eigenvalue weighted by Gasteiger charge is -2.10. The van der Waals surface area contributed by atoms with Crippen molar-refractivity contribution in [1.82, 2.24) is 9.97 Å². The molecule has 0 aliphatic heterocycles. The Morgan fingerprint density at radius 3 is 2.65 bits per heavy atom. The van der Waals surface area contributed by atoms with E-state index in [9.17, 15) is 9.59 Å². The number of aromatic nitrogens is 2. The molecule has 0 radical (unpaired) electrons. The predicted octanol–water partition coefficient (Wildman–Crippen LogP) is 2.52. The molecule has 3 aromatic rings. The molecule has 6 nitrogen and oxygen atoms in total. The van der Waals surface area contributed by atoms with Crippen LogP contribution in [0.5, 0.6) is 11.5 Å². The Hall–Kier alpha value is -3.15. The lowest BCUT2D eigenvalue weighted by Crippen LogP contribution is -2.09. The molecular formula is C17H14N2O4. The number of hydrogen-bond donors (Lipinski definition) is 1. The fourth-order valence-corrected chi connectivity index (χ4v) is 2.28. The summed E-state index contributed by atoms with van der Waals surface area (Å²) in [4.78, 5) is 30.4. The van der Waals surface area contributed by atoms with Crippen LogP contribution in [0.4, 0.5) is 0 Å². The number of nitrogens with one attached hydrogen (secondary N) is 1. The van der Waals surface area contributed by atoms with E-state index in [1.807, 2.05) is 6.07 Å². The highest BCUT2D eigenvalue weighted by Gasteiger charge is 2.11. The molecule has 1 aromatic heterocycles. The Morgan fingerprint density at radius 2 is 1.91 bits per heavy atom. The quantitative estimate of drug-likeness (QED) is 0.594. The summed E-state index contributed by atoms with van der Waals surface area (Å²) >= 11 is 0. The van der Waals surface area contributed by atoms with Gasteiger partial charge >= 0.3 is 5.97 Å². The van der Waals surface area contributed by atoms with Crippen molar-refractivity contribution in [3.8, 4) is 22.9 Å². The summed E-state index contributed by atoms with van der Waals surface area (Å²) in [7, 11) is 1.47. The molecule has 3 rings (SSSR count). The van der Waals surface area contributed by atoms with Crippen LogP contribution >= 0.6 is 0 Å². The largest absolute Gasteiger partial charge is 0.493 e. The van der Waals surface area contributed by atoms with Crippen LogP contribution in [0.1, 0.15) is 6.92 Å². The molecule has 0 saturated heterocycles. The van der Waals surface area contributed by atoms with E-state index in [1.54, 1.807) is 36.4 Å². The number of carbonyl (C=O) groups is 1. The molecule has 6 heteroatoms. The maximum Gasteiger partial charge on any atom is 0.308 e. The van der Waals surface area contributed by atoms with Gasteiger partial charge < -0.3 is 14.5 Å². The Bertz CT molecular complexity index is 947. The third-order valence-corrected chi connectivity index (χ3v) is 3.30. The minimum Gasteiger partial charge on any atom is -0.493 e. The first-order chi connectivity index (χ1) is 11.1. The molecule has 0 spiro atoms. The van der Waals surface area contributed by atoms with Crippen LogP contribution in [0, 0.1) is 0 Å². The van der Waals surface area contributed by atoms with Gasteiger partial charge in [0.2, 0.25) is 0 Å². The SMILES string of the molecule is COc1cc(-c2nc3ccccc3c(=O)[nH]2)ccc1OC(C)=O. The van der Waals surface area contributed by atoms with E-state index in [1.165, 1.54) is 14.0 Å². The zero-order valence-corrected chi connectivity index (χ0v) is 12.6. The summed E-state index contributed by atoms with van der Waals surface area (Å²) in [5, 5.41) is 0.528. The van der Waals surface area contributed by atoms with Crippen molar-refractivity contribution in [2.75, 3.05) is 7.11 Å². The first-order valence-corrected chi connectivity index (χ1v) is 6.94. The zero-order chi connectivity index (χ0) is 16.4. The highest BCUT2D eigenvalue weighted by molar-refractivity contribution is 5.79. The maximum absolute atomic E-state index is 12.1. The summed E-state index contributed by atoms with van der Waals surface area (Å²) in [6.07, 6.45) is 0. The minimum atomic E-state index is -0.437. The van der Waals surface area contributed by atoms with Crippen LogP contribution in [0.2, 0.25) is 0 Å². The molecule has 0 amide bonds. The van der Waals surface area contributed by atoms with Gasteiger partial charge in [-0.2, -0.15) is 0 Å². The second-order valence-corrected chi connectivity index (χ2v) is 4.89. The average molecular weight is 310 g/mol. The number of para-hydroxylation sites is 1. The van der Waals surface area contributed by atoms with Crippen LogP contribution in [0.3, 0.4) is 0 Å². The smallest absolute Gasteiger partial charge is 0.308 e. The molecular weight excluding hydrogens is 296 g/mol. The summed E-state index contributed by atoms with van der Waals surface area (Å²) in [5.74, 6) is 0.676.